The third-order valence-corrected chi connectivity index (χ3v) is 4.63. The molecule has 1 aromatic heterocycles. The average molecular weight is 340 g/mol. The molecule has 5 heteroatoms. The Morgan fingerprint density at radius 2 is 2.35 bits per heavy atom. The maximum absolute atomic E-state index is 3.51. The zero-order valence-corrected chi connectivity index (χ0v) is 13.3. The van der Waals surface area contributed by atoms with Crippen LogP contribution in [-0.2, 0) is 6.54 Å². The molecule has 0 bridgehead atoms. The molecule has 1 aliphatic heterocycles. The van der Waals surface area contributed by atoms with E-state index in [0.29, 0.717) is 0 Å². The lowest BCUT2D eigenvalue weighted by atomic mass is 9.99. The molecule has 1 saturated heterocycles. The van der Waals surface area contributed by atoms with Crippen molar-refractivity contribution in [1.29, 1.82) is 0 Å². The maximum atomic E-state index is 3.51. The zero-order chi connectivity index (χ0) is 11.4. The van der Waals surface area contributed by atoms with Crippen molar-refractivity contribution in [3.63, 3.8) is 0 Å². The predicted molar refractivity (Wildman–Crippen MR) is 81.2 cm³/mol. The largest absolute Gasteiger partial charge is 0.316 e. The third kappa shape index (κ3) is 5.26. The maximum Gasteiger partial charge on any atom is 0.0701 e. The van der Waals surface area contributed by atoms with Gasteiger partial charge in [0.2, 0.25) is 0 Å². The Hall–Kier alpha value is 0.390. The molecule has 2 heterocycles. The molecular formula is C12H20BrClN2S. The van der Waals surface area contributed by atoms with E-state index in [4.69, 9.17) is 0 Å². The topological polar surface area (TPSA) is 15.3 Å². The van der Waals surface area contributed by atoms with Gasteiger partial charge >= 0.3 is 0 Å². The van der Waals surface area contributed by atoms with Crippen LogP contribution in [-0.4, -0.2) is 31.6 Å². The van der Waals surface area contributed by atoms with Crippen LogP contribution in [0.3, 0.4) is 0 Å². The molecule has 17 heavy (non-hydrogen) atoms. The van der Waals surface area contributed by atoms with Crippen molar-refractivity contribution in [2.75, 3.05) is 26.7 Å². The number of hydrogen-bond donors (Lipinski definition) is 1. The van der Waals surface area contributed by atoms with Crippen LogP contribution in [0.2, 0.25) is 0 Å². The highest BCUT2D eigenvalue weighted by molar-refractivity contribution is 9.11. The number of halogens is 2. The van der Waals surface area contributed by atoms with E-state index in [1.807, 2.05) is 11.3 Å². The highest BCUT2D eigenvalue weighted by Gasteiger charge is 2.15. The first kappa shape index (κ1) is 15.4. The Balaban J connectivity index is 0.00000144. The van der Waals surface area contributed by atoms with Gasteiger partial charge in [0, 0.05) is 18.0 Å². The molecule has 1 unspecified atom stereocenters. The van der Waals surface area contributed by atoms with Gasteiger partial charge < -0.3 is 10.2 Å². The monoisotopic (exact) mass is 338 g/mol. The van der Waals surface area contributed by atoms with Gasteiger partial charge in [-0.3, -0.25) is 0 Å². The molecule has 0 aliphatic carbocycles. The second-order valence-electron chi connectivity index (χ2n) is 4.61. The molecule has 98 valence electrons. The van der Waals surface area contributed by atoms with Gasteiger partial charge in [-0.05, 0) is 67.0 Å². The van der Waals surface area contributed by atoms with Gasteiger partial charge in [-0.15, -0.1) is 23.7 Å². The van der Waals surface area contributed by atoms with Crippen molar-refractivity contribution in [3.05, 3.63) is 20.8 Å². The van der Waals surface area contributed by atoms with Gasteiger partial charge in [-0.25, -0.2) is 0 Å². The summed E-state index contributed by atoms with van der Waals surface area (Å²) in [7, 11) is 2.22. The first-order valence-electron chi connectivity index (χ1n) is 5.87. The molecule has 0 spiro atoms. The van der Waals surface area contributed by atoms with E-state index < -0.39 is 0 Å². The second kappa shape index (κ2) is 7.74. The van der Waals surface area contributed by atoms with Crippen molar-refractivity contribution in [1.82, 2.24) is 10.2 Å². The van der Waals surface area contributed by atoms with Gasteiger partial charge in [0.1, 0.15) is 0 Å². The van der Waals surface area contributed by atoms with Crippen LogP contribution in [0.4, 0.5) is 0 Å². The van der Waals surface area contributed by atoms with Gasteiger partial charge in [0.25, 0.3) is 0 Å². The van der Waals surface area contributed by atoms with Crippen LogP contribution in [0.1, 0.15) is 17.7 Å². The van der Waals surface area contributed by atoms with Crippen molar-refractivity contribution in [3.8, 4) is 0 Å². The zero-order valence-electron chi connectivity index (χ0n) is 10.1. The summed E-state index contributed by atoms with van der Waals surface area (Å²) in [5.41, 5.74) is 0. The van der Waals surface area contributed by atoms with Crippen LogP contribution in [0.25, 0.3) is 0 Å². The van der Waals surface area contributed by atoms with E-state index in [1.54, 1.807) is 0 Å². The summed E-state index contributed by atoms with van der Waals surface area (Å²) in [6.45, 7) is 4.69. The number of rotatable bonds is 4. The predicted octanol–water partition coefficient (Wildman–Crippen LogP) is 3.36. The lowest BCUT2D eigenvalue weighted by Gasteiger charge is -2.27. The molecule has 1 N–H and O–H groups in total. The van der Waals surface area contributed by atoms with Crippen molar-refractivity contribution in [2.24, 2.45) is 5.92 Å². The van der Waals surface area contributed by atoms with Gasteiger partial charge in [-0.2, -0.15) is 0 Å². The van der Waals surface area contributed by atoms with Gasteiger partial charge in [0.05, 0.1) is 3.79 Å². The highest BCUT2D eigenvalue weighted by Crippen LogP contribution is 2.23. The van der Waals surface area contributed by atoms with E-state index in [1.165, 1.54) is 41.1 Å². The minimum atomic E-state index is 0. The summed E-state index contributed by atoms with van der Waals surface area (Å²) in [5, 5.41) is 3.48. The smallest absolute Gasteiger partial charge is 0.0701 e. The number of nitrogens with zero attached hydrogens (tertiary/aromatic N) is 1. The normalized spacial score (nSPS) is 20.3. The minimum absolute atomic E-state index is 0. The van der Waals surface area contributed by atoms with Crippen LogP contribution in [0, 0.1) is 5.92 Å². The summed E-state index contributed by atoms with van der Waals surface area (Å²) in [4.78, 5) is 3.88. The summed E-state index contributed by atoms with van der Waals surface area (Å²) < 4.78 is 1.23. The van der Waals surface area contributed by atoms with Crippen LogP contribution in [0.15, 0.2) is 15.9 Å². The Kier molecular flexibility index (Phi) is 7.04. The SMILES string of the molecule is CN(Cc1ccc(Br)s1)CC1CCCNC1.Cl. The van der Waals surface area contributed by atoms with Gasteiger partial charge in [0.15, 0.2) is 0 Å². The number of piperidine rings is 1. The Morgan fingerprint density at radius 1 is 1.53 bits per heavy atom. The van der Waals surface area contributed by atoms with E-state index in [2.05, 4.69) is 45.3 Å². The molecule has 1 atom stereocenters. The lowest BCUT2D eigenvalue weighted by Crippen LogP contribution is -2.36. The lowest BCUT2D eigenvalue weighted by molar-refractivity contribution is 0.239. The molecule has 1 aromatic rings. The molecule has 1 aliphatic rings. The molecule has 2 rings (SSSR count). The van der Waals surface area contributed by atoms with E-state index in [-0.39, 0.29) is 12.4 Å². The molecule has 1 fully saturated rings. The Labute approximate surface area is 122 Å². The second-order valence-corrected chi connectivity index (χ2v) is 7.16. The highest BCUT2D eigenvalue weighted by atomic mass is 79.9. The molecule has 2 nitrogen and oxygen atoms in total. The van der Waals surface area contributed by atoms with E-state index in [9.17, 15) is 0 Å². The van der Waals surface area contributed by atoms with Crippen molar-refractivity contribution < 1.29 is 0 Å². The summed E-state index contributed by atoms with van der Waals surface area (Å²) in [5.74, 6) is 0.835. The number of hydrogen-bond acceptors (Lipinski definition) is 3. The number of nitrogens with one attached hydrogen (secondary N) is 1. The van der Waals surface area contributed by atoms with Crippen LogP contribution < -0.4 is 5.32 Å². The molecule has 0 saturated carbocycles. The first-order valence-corrected chi connectivity index (χ1v) is 7.48. The fourth-order valence-corrected chi connectivity index (χ4v) is 3.85. The summed E-state index contributed by atoms with van der Waals surface area (Å²) >= 11 is 5.35. The van der Waals surface area contributed by atoms with E-state index >= 15 is 0 Å². The minimum Gasteiger partial charge on any atom is -0.316 e. The Morgan fingerprint density at radius 3 is 2.94 bits per heavy atom. The number of thiophene rings is 1. The molecule has 0 radical (unpaired) electrons. The molecule has 0 amide bonds. The average Bonchev–Trinajstić information content (AvgIpc) is 2.65. The molecular weight excluding hydrogens is 320 g/mol. The quantitative estimate of drug-likeness (QED) is 0.905. The summed E-state index contributed by atoms with van der Waals surface area (Å²) in [6.07, 6.45) is 2.72. The fourth-order valence-electron chi connectivity index (χ4n) is 2.29. The first-order chi connectivity index (χ1) is 7.74. The van der Waals surface area contributed by atoms with Crippen LogP contribution >= 0.6 is 39.7 Å². The van der Waals surface area contributed by atoms with Gasteiger partial charge in [-0.1, -0.05) is 0 Å². The van der Waals surface area contributed by atoms with Crippen LogP contribution in [0.5, 0.6) is 0 Å². The van der Waals surface area contributed by atoms with E-state index in [0.717, 1.165) is 12.5 Å². The Bertz CT molecular complexity index is 326. The standard InChI is InChI=1S/C12H19BrN2S.ClH/c1-15(8-10-3-2-6-14-7-10)9-11-4-5-12(13)16-11;/h4-5,10,14H,2-3,6-9H2,1H3;1H. The summed E-state index contributed by atoms with van der Waals surface area (Å²) in [6, 6.07) is 4.35. The third-order valence-electron chi connectivity index (χ3n) is 3.02. The fraction of sp³-hybridized carbons (Fsp3) is 0.667. The van der Waals surface area contributed by atoms with Crippen molar-refractivity contribution in [2.45, 2.75) is 19.4 Å². The molecule has 0 aromatic carbocycles. The van der Waals surface area contributed by atoms with Crippen molar-refractivity contribution >= 4 is 39.7 Å².